The Labute approximate surface area is 158 Å². The van der Waals surface area contributed by atoms with Gasteiger partial charge in [0.25, 0.3) is 0 Å². The lowest BCUT2D eigenvalue weighted by molar-refractivity contribution is 0.415. The monoisotopic (exact) mass is 384 g/mol. The molecule has 4 aromatic rings. The summed E-state index contributed by atoms with van der Waals surface area (Å²) in [6, 6.07) is 11.8. The number of furan rings is 1. The Kier molecular flexibility index (Phi) is 5.03. The number of rotatable bonds is 7. The van der Waals surface area contributed by atoms with E-state index in [1.807, 2.05) is 41.0 Å². The Morgan fingerprint density at radius 1 is 1.27 bits per heavy atom. The summed E-state index contributed by atoms with van der Waals surface area (Å²) >= 11 is 3.24. The topological polar surface area (TPSA) is 66.0 Å². The summed E-state index contributed by atoms with van der Waals surface area (Å²) in [4.78, 5) is 4.73. The van der Waals surface area contributed by atoms with Gasteiger partial charge in [0, 0.05) is 16.7 Å². The van der Waals surface area contributed by atoms with Gasteiger partial charge in [-0.05, 0) is 24.3 Å². The quantitative estimate of drug-likeness (QED) is 0.442. The zero-order valence-electron chi connectivity index (χ0n) is 14.0. The van der Waals surface area contributed by atoms with Crippen molar-refractivity contribution in [2.24, 2.45) is 0 Å². The highest BCUT2D eigenvalue weighted by atomic mass is 32.2. The zero-order valence-corrected chi connectivity index (χ0v) is 15.7. The van der Waals surface area contributed by atoms with E-state index in [1.54, 1.807) is 42.8 Å². The van der Waals surface area contributed by atoms with Gasteiger partial charge in [-0.1, -0.05) is 23.9 Å². The van der Waals surface area contributed by atoms with E-state index in [-0.39, 0.29) is 0 Å². The molecule has 0 bridgehead atoms. The molecule has 0 aliphatic heterocycles. The average Bonchev–Trinajstić information content (AvgIpc) is 3.43. The second-order valence-corrected chi connectivity index (χ2v) is 7.29. The first-order chi connectivity index (χ1) is 12.8. The Balaban J connectivity index is 1.43. The van der Waals surface area contributed by atoms with Crippen molar-refractivity contribution < 1.29 is 9.15 Å². The minimum Gasteiger partial charge on any atom is -0.497 e. The third-order valence-electron chi connectivity index (χ3n) is 3.70. The molecule has 3 heterocycles. The number of nitrogens with zero attached hydrogens (tertiary/aromatic N) is 4. The number of hydrogen-bond acceptors (Lipinski definition) is 7. The van der Waals surface area contributed by atoms with Crippen LogP contribution in [-0.4, -0.2) is 26.9 Å². The predicted octanol–water partition coefficient (Wildman–Crippen LogP) is 4.34. The molecule has 0 atom stereocenters. The smallest absolute Gasteiger partial charge is 0.191 e. The third-order valence-corrected chi connectivity index (χ3v) is 5.66. The molecule has 8 heteroatoms. The summed E-state index contributed by atoms with van der Waals surface area (Å²) in [5, 5.41) is 12.1. The first-order valence-corrected chi connectivity index (χ1v) is 9.80. The van der Waals surface area contributed by atoms with Gasteiger partial charge in [-0.3, -0.25) is 0 Å². The normalized spacial score (nSPS) is 11.0. The molecular formula is C18H16N4O2S2. The third kappa shape index (κ3) is 3.81. The summed E-state index contributed by atoms with van der Waals surface area (Å²) in [5.41, 5.74) is 2.08. The Bertz CT molecular complexity index is 979. The molecule has 0 spiro atoms. The lowest BCUT2D eigenvalue weighted by atomic mass is 10.2. The minimum atomic E-state index is 0.620. The van der Waals surface area contributed by atoms with Gasteiger partial charge in [0.2, 0.25) is 0 Å². The first kappa shape index (κ1) is 16.9. The zero-order chi connectivity index (χ0) is 17.8. The fourth-order valence-electron chi connectivity index (χ4n) is 2.44. The summed E-state index contributed by atoms with van der Waals surface area (Å²) in [7, 11) is 1.67. The van der Waals surface area contributed by atoms with Crippen LogP contribution in [0.25, 0.3) is 10.6 Å². The Hall–Kier alpha value is -2.58. The van der Waals surface area contributed by atoms with E-state index in [2.05, 4.69) is 15.6 Å². The van der Waals surface area contributed by atoms with E-state index < -0.39 is 0 Å². The van der Waals surface area contributed by atoms with Crippen LogP contribution in [0.5, 0.6) is 5.75 Å². The summed E-state index contributed by atoms with van der Waals surface area (Å²) < 4.78 is 12.6. The van der Waals surface area contributed by atoms with Gasteiger partial charge in [-0.25, -0.2) is 4.98 Å². The Morgan fingerprint density at radius 3 is 3.08 bits per heavy atom. The fraction of sp³-hybridized carbons (Fsp3) is 0.167. The van der Waals surface area contributed by atoms with Crippen LogP contribution in [-0.2, 0) is 12.3 Å². The molecule has 0 radical (unpaired) electrons. The lowest BCUT2D eigenvalue weighted by Crippen LogP contribution is -1.99. The molecule has 0 unspecified atom stereocenters. The van der Waals surface area contributed by atoms with Crippen LogP contribution in [0.1, 0.15) is 11.5 Å². The summed E-state index contributed by atoms with van der Waals surface area (Å²) in [5.74, 6) is 2.44. The number of benzene rings is 1. The molecule has 132 valence electrons. The molecular weight excluding hydrogens is 368 g/mol. The van der Waals surface area contributed by atoms with Crippen molar-refractivity contribution in [2.45, 2.75) is 17.5 Å². The molecule has 0 N–H and O–H groups in total. The molecule has 0 fully saturated rings. The molecule has 26 heavy (non-hydrogen) atoms. The highest BCUT2D eigenvalue weighted by molar-refractivity contribution is 7.98. The van der Waals surface area contributed by atoms with E-state index in [0.717, 1.165) is 38.7 Å². The summed E-state index contributed by atoms with van der Waals surface area (Å²) in [6.45, 7) is 0.620. The number of methoxy groups -OCH3 is 1. The average molecular weight is 384 g/mol. The van der Waals surface area contributed by atoms with Crippen LogP contribution in [0.4, 0.5) is 0 Å². The van der Waals surface area contributed by atoms with Crippen molar-refractivity contribution in [3.63, 3.8) is 0 Å². The van der Waals surface area contributed by atoms with Gasteiger partial charge < -0.3 is 13.7 Å². The predicted molar refractivity (Wildman–Crippen MR) is 101 cm³/mol. The van der Waals surface area contributed by atoms with E-state index in [0.29, 0.717) is 6.54 Å². The lowest BCUT2D eigenvalue weighted by Gasteiger charge is -2.03. The summed E-state index contributed by atoms with van der Waals surface area (Å²) in [6.07, 6.45) is 3.38. The molecule has 0 saturated heterocycles. The maximum atomic E-state index is 5.39. The number of ether oxygens (including phenoxy) is 1. The van der Waals surface area contributed by atoms with Crippen molar-refractivity contribution in [1.82, 2.24) is 19.7 Å². The van der Waals surface area contributed by atoms with Crippen LogP contribution < -0.4 is 4.74 Å². The molecule has 1 aromatic carbocycles. The van der Waals surface area contributed by atoms with Crippen LogP contribution in [0.15, 0.2) is 63.9 Å². The second-order valence-electron chi connectivity index (χ2n) is 5.49. The van der Waals surface area contributed by atoms with Crippen molar-refractivity contribution in [3.8, 4) is 16.3 Å². The highest BCUT2D eigenvalue weighted by Crippen LogP contribution is 2.29. The van der Waals surface area contributed by atoms with Crippen LogP contribution >= 0.6 is 23.1 Å². The minimum absolute atomic E-state index is 0.620. The highest BCUT2D eigenvalue weighted by Gasteiger charge is 2.10. The molecule has 4 rings (SSSR count). The van der Waals surface area contributed by atoms with Crippen LogP contribution in [0.3, 0.4) is 0 Å². The standard InChI is InChI=1S/C18H16N4O2S2/c1-23-15-5-2-4-13(8-15)17-20-14(10-25-17)11-26-18-21-19-12-22(18)9-16-6-3-7-24-16/h2-8,10,12H,9,11H2,1H3. The van der Waals surface area contributed by atoms with E-state index in [1.165, 1.54) is 0 Å². The number of thiazole rings is 1. The van der Waals surface area contributed by atoms with Gasteiger partial charge in [-0.15, -0.1) is 21.5 Å². The van der Waals surface area contributed by atoms with E-state index in [9.17, 15) is 0 Å². The molecule has 0 aliphatic rings. The molecule has 0 amide bonds. The molecule has 0 aliphatic carbocycles. The van der Waals surface area contributed by atoms with Crippen molar-refractivity contribution >= 4 is 23.1 Å². The molecule has 0 saturated carbocycles. The van der Waals surface area contributed by atoms with E-state index in [4.69, 9.17) is 14.1 Å². The SMILES string of the molecule is COc1cccc(-c2nc(CSc3nncn3Cc3ccco3)cs2)c1. The van der Waals surface area contributed by atoms with Gasteiger partial charge >= 0.3 is 0 Å². The van der Waals surface area contributed by atoms with Crippen LogP contribution in [0, 0.1) is 0 Å². The van der Waals surface area contributed by atoms with Crippen molar-refractivity contribution in [3.05, 3.63) is 65.8 Å². The van der Waals surface area contributed by atoms with Crippen molar-refractivity contribution in [2.75, 3.05) is 7.11 Å². The number of hydrogen-bond donors (Lipinski definition) is 0. The second kappa shape index (κ2) is 7.76. The Morgan fingerprint density at radius 2 is 2.23 bits per heavy atom. The first-order valence-electron chi connectivity index (χ1n) is 7.93. The van der Waals surface area contributed by atoms with E-state index >= 15 is 0 Å². The fourth-order valence-corrected chi connectivity index (χ4v) is 4.16. The maximum Gasteiger partial charge on any atom is 0.191 e. The van der Waals surface area contributed by atoms with Gasteiger partial charge in [0.05, 0.1) is 25.6 Å². The van der Waals surface area contributed by atoms with Gasteiger partial charge in [0.1, 0.15) is 22.8 Å². The molecule has 3 aromatic heterocycles. The largest absolute Gasteiger partial charge is 0.497 e. The van der Waals surface area contributed by atoms with Crippen LogP contribution in [0.2, 0.25) is 0 Å². The van der Waals surface area contributed by atoms with Gasteiger partial charge in [-0.2, -0.15) is 0 Å². The van der Waals surface area contributed by atoms with Crippen molar-refractivity contribution in [1.29, 1.82) is 0 Å². The van der Waals surface area contributed by atoms with Gasteiger partial charge in [0.15, 0.2) is 5.16 Å². The maximum absolute atomic E-state index is 5.39. The number of aromatic nitrogens is 4. The number of thioether (sulfide) groups is 1. The molecule has 6 nitrogen and oxygen atoms in total.